The van der Waals surface area contributed by atoms with Crippen molar-refractivity contribution in [3.05, 3.63) is 46.7 Å². The van der Waals surface area contributed by atoms with Crippen LogP contribution in [0.1, 0.15) is 30.4 Å². The van der Waals surface area contributed by atoms with Crippen molar-refractivity contribution in [1.29, 1.82) is 0 Å². The van der Waals surface area contributed by atoms with Gasteiger partial charge in [0.25, 0.3) is 0 Å². The third-order valence-electron chi connectivity index (χ3n) is 4.03. The quantitative estimate of drug-likeness (QED) is 0.922. The third kappa shape index (κ3) is 4.33. The van der Waals surface area contributed by atoms with Gasteiger partial charge in [0.1, 0.15) is 6.33 Å². The summed E-state index contributed by atoms with van der Waals surface area (Å²) in [5.74, 6) is 0. The molecule has 112 valence electrons. The predicted octanol–water partition coefficient (Wildman–Crippen LogP) is 2.68. The minimum absolute atomic E-state index is 0.639. The van der Waals surface area contributed by atoms with Crippen molar-refractivity contribution in [2.75, 3.05) is 13.1 Å². The van der Waals surface area contributed by atoms with Gasteiger partial charge in [0.15, 0.2) is 0 Å². The molecule has 0 aromatic carbocycles. The summed E-state index contributed by atoms with van der Waals surface area (Å²) in [6.07, 6.45) is 9.21. The van der Waals surface area contributed by atoms with Gasteiger partial charge in [0, 0.05) is 37.1 Å². The average molecular weight is 302 g/mol. The highest BCUT2D eigenvalue weighted by Gasteiger charge is 2.20. The van der Waals surface area contributed by atoms with E-state index in [2.05, 4.69) is 37.0 Å². The Balaban J connectivity index is 1.72. The molecule has 0 aliphatic carbocycles. The van der Waals surface area contributed by atoms with E-state index in [9.17, 15) is 0 Å². The molecule has 0 radical (unpaired) electrons. The first-order valence-corrected chi connectivity index (χ1v) is 8.56. The molecule has 3 heterocycles. The maximum Gasteiger partial charge on any atom is 0.115 e. The van der Waals surface area contributed by atoms with Crippen LogP contribution in [0.15, 0.2) is 35.5 Å². The standard InChI is InChI=1S/C16H22N4S/c1-2-16(3-6-17-5-1)20(10-14-4-7-21-12-14)11-15-8-18-13-19-9-15/h4,7-9,12-13,16-17H,1-3,5-6,10-11H2. The van der Waals surface area contributed by atoms with Crippen molar-refractivity contribution in [3.63, 3.8) is 0 Å². The highest BCUT2D eigenvalue weighted by molar-refractivity contribution is 7.07. The summed E-state index contributed by atoms with van der Waals surface area (Å²) in [5, 5.41) is 7.92. The van der Waals surface area contributed by atoms with Crippen molar-refractivity contribution in [2.45, 2.75) is 38.4 Å². The second kappa shape index (κ2) is 7.64. The number of thiophene rings is 1. The molecule has 2 aromatic rings. The van der Waals surface area contributed by atoms with Crippen molar-refractivity contribution < 1.29 is 0 Å². The second-order valence-corrected chi connectivity index (χ2v) is 6.40. The molecule has 1 aliphatic heterocycles. The Kier molecular flexibility index (Phi) is 5.32. The lowest BCUT2D eigenvalue weighted by Crippen LogP contribution is -2.35. The Labute approximate surface area is 130 Å². The normalized spacial score (nSPS) is 19.6. The first kappa shape index (κ1) is 14.6. The van der Waals surface area contributed by atoms with Crippen LogP contribution in [0.25, 0.3) is 0 Å². The zero-order chi connectivity index (χ0) is 14.3. The number of hydrogen-bond acceptors (Lipinski definition) is 5. The van der Waals surface area contributed by atoms with Crippen LogP contribution in [0.5, 0.6) is 0 Å². The van der Waals surface area contributed by atoms with E-state index in [0.717, 1.165) is 26.2 Å². The summed E-state index contributed by atoms with van der Waals surface area (Å²) in [7, 11) is 0. The number of hydrogen-bond donors (Lipinski definition) is 1. The van der Waals surface area contributed by atoms with E-state index < -0.39 is 0 Å². The van der Waals surface area contributed by atoms with Crippen LogP contribution in [0, 0.1) is 0 Å². The van der Waals surface area contributed by atoms with Crippen LogP contribution in [0.4, 0.5) is 0 Å². The van der Waals surface area contributed by atoms with Gasteiger partial charge < -0.3 is 5.32 Å². The minimum atomic E-state index is 0.639. The first-order chi connectivity index (χ1) is 10.4. The molecule has 5 heteroatoms. The van der Waals surface area contributed by atoms with Crippen LogP contribution in [0.3, 0.4) is 0 Å². The Bertz CT molecular complexity index is 506. The third-order valence-corrected chi connectivity index (χ3v) is 4.76. The second-order valence-electron chi connectivity index (χ2n) is 5.62. The molecule has 1 aliphatic rings. The number of nitrogens with one attached hydrogen (secondary N) is 1. The largest absolute Gasteiger partial charge is 0.317 e. The van der Waals surface area contributed by atoms with E-state index in [1.807, 2.05) is 12.4 Å². The topological polar surface area (TPSA) is 41.1 Å². The molecule has 0 saturated carbocycles. The maximum atomic E-state index is 4.15. The molecular formula is C16H22N4S. The molecule has 3 rings (SSSR count). The Hall–Kier alpha value is -1.30. The van der Waals surface area contributed by atoms with Gasteiger partial charge in [-0.2, -0.15) is 11.3 Å². The summed E-state index contributed by atoms with van der Waals surface area (Å²) in [6, 6.07) is 2.87. The van der Waals surface area contributed by atoms with Crippen LogP contribution >= 0.6 is 11.3 Å². The van der Waals surface area contributed by atoms with Crippen molar-refractivity contribution in [2.24, 2.45) is 0 Å². The highest BCUT2D eigenvalue weighted by atomic mass is 32.1. The first-order valence-electron chi connectivity index (χ1n) is 7.61. The van der Waals surface area contributed by atoms with Gasteiger partial charge in [-0.1, -0.05) is 0 Å². The zero-order valence-electron chi connectivity index (χ0n) is 12.2. The van der Waals surface area contributed by atoms with Crippen LogP contribution in [-0.4, -0.2) is 34.0 Å². The molecule has 1 unspecified atom stereocenters. The van der Waals surface area contributed by atoms with E-state index in [4.69, 9.17) is 0 Å². The Morgan fingerprint density at radius 3 is 2.81 bits per heavy atom. The lowest BCUT2D eigenvalue weighted by atomic mass is 10.1. The van der Waals surface area contributed by atoms with E-state index >= 15 is 0 Å². The summed E-state index contributed by atoms with van der Waals surface area (Å²) in [5.41, 5.74) is 2.61. The minimum Gasteiger partial charge on any atom is -0.317 e. The molecule has 21 heavy (non-hydrogen) atoms. The van der Waals surface area contributed by atoms with Gasteiger partial charge >= 0.3 is 0 Å². The number of aromatic nitrogens is 2. The summed E-state index contributed by atoms with van der Waals surface area (Å²) >= 11 is 1.77. The molecule has 1 N–H and O–H groups in total. The maximum absolute atomic E-state index is 4.15. The Morgan fingerprint density at radius 1 is 1.14 bits per heavy atom. The SMILES string of the molecule is c1ncc(CN(Cc2ccsc2)C2CCCNCC2)cn1. The van der Waals surface area contributed by atoms with Crippen LogP contribution in [0.2, 0.25) is 0 Å². The molecule has 2 aromatic heterocycles. The fourth-order valence-electron chi connectivity index (χ4n) is 2.94. The fraction of sp³-hybridized carbons (Fsp3) is 0.500. The van der Waals surface area contributed by atoms with Crippen LogP contribution < -0.4 is 5.32 Å². The van der Waals surface area contributed by atoms with Crippen molar-refractivity contribution in [3.8, 4) is 0 Å². The summed E-state index contributed by atoms with van der Waals surface area (Å²) in [6.45, 7) is 4.22. The molecule has 1 atom stereocenters. The smallest absolute Gasteiger partial charge is 0.115 e. The number of rotatable bonds is 5. The van der Waals surface area contributed by atoms with Gasteiger partial charge in [-0.15, -0.1) is 0 Å². The summed E-state index contributed by atoms with van der Waals surface area (Å²) < 4.78 is 0. The zero-order valence-corrected chi connectivity index (χ0v) is 13.1. The highest BCUT2D eigenvalue weighted by Crippen LogP contribution is 2.20. The van der Waals surface area contributed by atoms with E-state index in [0.29, 0.717) is 6.04 Å². The molecular weight excluding hydrogens is 280 g/mol. The van der Waals surface area contributed by atoms with Gasteiger partial charge in [-0.25, -0.2) is 9.97 Å². The summed E-state index contributed by atoms with van der Waals surface area (Å²) in [4.78, 5) is 10.9. The van der Waals surface area contributed by atoms with Crippen molar-refractivity contribution >= 4 is 11.3 Å². The van der Waals surface area contributed by atoms with Gasteiger partial charge in [0.05, 0.1) is 0 Å². The van der Waals surface area contributed by atoms with Gasteiger partial charge in [0.2, 0.25) is 0 Å². The lowest BCUT2D eigenvalue weighted by Gasteiger charge is -2.30. The van der Waals surface area contributed by atoms with E-state index in [-0.39, 0.29) is 0 Å². The molecule has 4 nitrogen and oxygen atoms in total. The van der Waals surface area contributed by atoms with E-state index in [1.54, 1.807) is 17.7 Å². The van der Waals surface area contributed by atoms with Gasteiger partial charge in [-0.3, -0.25) is 4.90 Å². The van der Waals surface area contributed by atoms with Gasteiger partial charge in [-0.05, 0) is 54.7 Å². The molecule has 0 spiro atoms. The molecule has 1 saturated heterocycles. The van der Waals surface area contributed by atoms with Crippen molar-refractivity contribution in [1.82, 2.24) is 20.2 Å². The monoisotopic (exact) mass is 302 g/mol. The lowest BCUT2D eigenvalue weighted by molar-refractivity contribution is 0.164. The number of nitrogens with zero attached hydrogens (tertiary/aromatic N) is 3. The van der Waals surface area contributed by atoms with E-state index in [1.165, 1.54) is 30.4 Å². The fourth-order valence-corrected chi connectivity index (χ4v) is 3.60. The molecule has 0 bridgehead atoms. The molecule has 1 fully saturated rings. The average Bonchev–Trinajstić information content (AvgIpc) is 2.87. The Morgan fingerprint density at radius 2 is 2.00 bits per heavy atom. The molecule has 0 amide bonds. The predicted molar refractivity (Wildman–Crippen MR) is 86.1 cm³/mol. The van der Waals surface area contributed by atoms with Crippen LogP contribution in [-0.2, 0) is 13.1 Å².